The molecule has 0 N–H and O–H groups in total. The Kier molecular flexibility index (Phi) is 3.54. The van der Waals surface area contributed by atoms with Gasteiger partial charge in [-0.25, -0.2) is 4.98 Å². The highest BCUT2D eigenvalue weighted by atomic mass is 32.1. The van der Waals surface area contributed by atoms with E-state index in [1.54, 1.807) is 17.4 Å². The minimum absolute atomic E-state index is 0.407. The van der Waals surface area contributed by atoms with E-state index in [2.05, 4.69) is 4.98 Å². The van der Waals surface area contributed by atoms with Crippen LogP contribution in [0.1, 0.15) is 26.6 Å². The molecule has 17 heavy (non-hydrogen) atoms. The van der Waals surface area contributed by atoms with E-state index < -0.39 is 0 Å². The second-order valence-electron chi connectivity index (χ2n) is 3.78. The van der Waals surface area contributed by atoms with Gasteiger partial charge in [0, 0.05) is 11.1 Å². The molecule has 1 aromatic carbocycles. The molecule has 0 fully saturated rings. The van der Waals surface area contributed by atoms with E-state index >= 15 is 0 Å². The maximum atomic E-state index is 10.9. The van der Waals surface area contributed by atoms with Crippen molar-refractivity contribution in [2.45, 2.75) is 20.5 Å². The molecule has 0 bridgehead atoms. The van der Waals surface area contributed by atoms with Crippen molar-refractivity contribution in [2.75, 3.05) is 0 Å². The van der Waals surface area contributed by atoms with Crippen LogP contribution in [-0.2, 0) is 6.61 Å². The number of ether oxygens (including phenoxy) is 1. The topological polar surface area (TPSA) is 39.2 Å². The molecule has 3 nitrogen and oxygen atoms in total. The van der Waals surface area contributed by atoms with Crippen LogP contribution < -0.4 is 4.74 Å². The second-order valence-corrected chi connectivity index (χ2v) is 4.73. The Morgan fingerprint density at radius 1 is 1.41 bits per heavy atom. The van der Waals surface area contributed by atoms with Crippen LogP contribution in [0.25, 0.3) is 0 Å². The first-order valence-corrected chi connectivity index (χ1v) is 6.17. The molecule has 0 radical (unpaired) electrons. The lowest BCUT2D eigenvalue weighted by atomic mass is 10.1. The molecule has 1 aromatic heterocycles. The number of benzene rings is 1. The summed E-state index contributed by atoms with van der Waals surface area (Å²) >= 11 is 1.56. The SMILES string of the molecule is Cc1csc(COc2c(C)cccc2C=O)n1. The largest absolute Gasteiger partial charge is 0.485 e. The Hall–Kier alpha value is -1.68. The first kappa shape index (κ1) is 11.8. The van der Waals surface area contributed by atoms with Gasteiger partial charge >= 0.3 is 0 Å². The standard InChI is InChI=1S/C13H13NO2S/c1-9-4-3-5-11(6-15)13(9)16-7-12-14-10(2)8-17-12/h3-6,8H,7H2,1-2H3. The number of carbonyl (C=O) groups is 1. The molecule has 0 spiro atoms. The third-order valence-corrected chi connectivity index (χ3v) is 3.32. The quantitative estimate of drug-likeness (QED) is 0.779. The maximum Gasteiger partial charge on any atom is 0.153 e. The Morgan fingerprint density at radius 2 is 2.24 bits per heavy atom. The van der Waals surface area contributed by atoms with Gasteiger partial charge in [0.2, 0.25) is 0 Å². The summed E-state index contributed by atoms with van der Waals surface area (Å²) in [5.41, 5.74) is 2.54. The molecule has 4 heteroatoms. The molecule has 0 aliphatic carbocycles. The lowest BCUT2D eigenvalue weighted by Gasteiger charge is -2.09. The molecule has 0 aliphatic heterocycles. The van der Waals surface area contributed by atoms with Crippen LogP contribution >= 0.6 is 11.3 Å². The molecule has 0 unspecified atom stereocenters. The Labute approximate surface area is 104 Å². The van der Waals surface area contributed by atoms with E-state index in [1.807, 2.05) is 31.4 Å². The lowest BCUT2D eigenvalue weighted by molar-refractivity contribution is 0.111. The zero-order valence-corrected chi connectivity index (χ0v) is 10.6. The summed E-state index contributed by atoms with van der Waals surface area (Å²) in [4.78, 5) is 15.2. The molecular weight excluding hydrogens is 234 g/mol. The van der Waals surface area contributed by atoms with Crippen molar-refractivity contribution in [3.8, 4) is 5.75 Å². The van der Waals surface area contributed by atoms with E-state index in [0.29, 0.717) is 17.9 Å². The minimum atomic E-state index is 0.407. The van der Waals surface area contributed by atoms with Crippen LogP contribution in [-0.4, -0.2) is 11.3 Å². The van der Waals surface area contributed by atoms with Crippen LogP contribution in [0.4, 0.5) is 0 Å². The van der Waals surface area contributed by atoms with Gasteiger partial charge in [-0.05, 0) is 25.5 Å². The predicted octanol–water partition coefficient (Wildman–Crippen LogP) is 3.15. The normalized spacial score (nSPS) is 10.2. The van der Waals surface area contributed by atoms with E-state index in [0.717, 1.165) is 22.6 Å². The van der Waals surface area contributed by atoms with Crippen molar-refractivity contribution in [1.82, 2.24) is 4.98 Å². The molecular formula is C13H13NO2S. The summed E-state index contributed by atoms with van der Waals surface area (Å²) in [6.45, 7) is 4.28. The molecule has 0 amide bonds. The summed E-state index contributed by atoms with van der Waals surface area (Å²) in [6.07, 6.45) is 0.815. The van der Waals surface area contributed by atoms with Crippen LogP contribution in [0.3, 0.4) is 0 Å². The smallest absolute Gasteiger partial charge is 0.153 e. The Balaban J connectivity index is 2.16. The van der Waals surface area contributed by atoms with Gasteiger partial charge in [0.15, 0.2) is 6.29 Å². The van der Waals surface area contributed by atoms with Crippen molar-refractivity contribution >= 4 is 17.6 Å². The molecule has 2 aromatic rings. The molecule has 88 valence electrons. The average Bonchev–Trinajstić information content (AvgIpc) is 2.73. The first-order chi connectivity index (χ1) is 8.20. The molecule has 0 aliphatic rings. The third-order valence-electron chi connectivity index (χ3n) is 2.38. The molecule has 0 saturated carbocycles. The van der Waals surface area contributed by atoms with Crippen molar-refractivity contribution in [2.24, 2.45) is 0 Å². The van der Waals surface area contributed by atoms with E-state index in [1.165, 1.54) is 0 Å². The van der Waals surface area contributed by atoms with Crippen LogP contribution in [0.15, 0.2) is 23.6 Å². The van der Waals surface area contributed by atoms with Crippen molar-refractivity contribution < 1.29 is 9.53 Å². The number of aromatic nitrogens is 1. The summed E-state index contributed by atoms with van der Waals surface area (Å²) in [5.74, 6) is 0.648. The lowest BCUT2D eigenvalue weighted by Crippen LogP contribution is -1.99. The molecule has 2 rings (SSSR count). The van der Waals surface area contributed by atoms with Gasteiger partial charge in [0.1, 0.15) is 17.4 Å². The van der Waals surface area contributed by atoms with Gasteiger partial charge < -0.3 is 4.74 Å². The van der Waals surface area contributed by atoms with Crippen LogP contribution in [0, 0.1) is 13.8 Å². The zero-order valence-electron chi connectivity index (χ0n) is 9.77. The maximum absolute atomic E-state index is 10.9. The fourth-order valence-corrected chi connectivity index (χ4v) is 2.25. The van der Waals surface area contributed by atoms with Gasteiger partial charge in [-0.1, -0.05) is 12.1 Å². The minimum Gasteiger partial charge on any atom is -0.485 e. The summed E-state index contributed by atoms with van der Waals surface area (Å²) in [6, 6.07) is 5.53. The first-order valence-electron chi connectivity index (χ1n) is 5.29. The summed E-state index contributed by atoms with van der Waals surface area (Å²) in [7, 11) is 0. The number of para-hydroxylation sites is 1. The Bertz CT molecular complexity index is 534. The van der Waals surface area contributed by atoms with Crippen molar-refractivity contribution in [3.05, 3.63) is 45.4 Å². The van der Waals surface area contributed by atoms with Gasteiger partial charge in [-0.2, -0.15) is 0 Å². The molecule has 0 saturated heterocycles. The monoisotopic (exact) mass is 247 g/mol. The second kappa shape index (κ2) is 5.10. The third kappa shape index (κ3) is 2.71. The van der Waals surface area contributed by atoms with Gasteiger partial charge in [0.25, 0.3) is 0 Å². The molecule has 1 heterocycles. The number of rotatable bonds is 4. The predicted molar refractivity (Wildman–Crippen MR) is 67.7 cm³/mol. The number of carbonyl (C=O) groups excluding carboxylic acids is 1. The van der Waals surface area contributed by atoms with E-state index in [4.69, 9.17) is 4.74 Å². The van der Waals surface area contributed by atoms with Gasteiger partial charge in [-0.3, -0.25) is 4.79 Å². The van der Waals surface area contributed by atoms with Crippen LogP contribution in [0.5, 0.6) is 5.75 Å². The number of thiazole rings is 1. The zero-order chi connectivity index (χ0) is 12.3. The summed E-state index contributed by atoms with van der Waals surface area (Å²) in [5, 5.41) is 2.90. The van der Waals surface area contributed by atoms with Crippen molar-refractivity contribution in [3.63, 3.8) is 0 Å². The molecule has 0 atom stereocenters. The van der Waals surface area contributed by atoms with Gasteiger partial charge in [0.05, 0.1) is 5.56 Å². The number of aryl methyl sites for hydroxylation is 2. The van der Waals surface area contributed by atoms with E-state index in [9.17, 15) is 4.79 Å². The highest BCUT2D eigenvalue weighted by Crippen LogP contribution is 2.23. The van der Waals surface area contributed by atoms with E-state index in [-0.39, 0.29) is 0 Å². The fourth-order valence-electron chi connectivity index (χ4n) is 1.57. The summed E-state index contributed by atoms with van der Waals surface area (Å²) < 4.78 is 5.67. The van der Waals surface area contributed by atoms with Crippen molar-refractivity contribution in [1.29, 1.82) is 0 Å². The highest BCUT2D eigenvalue weighted by Gasteiger charge is 2.07. The van der Waals surface area contributed by atoms with Crippen LogP contribution in [0.2, 0.25) is 0 Å². The fraction of sp³-hybridized carbons (Fsp3) is 0.231. The average molecular weight is 247 g/mol. The van der Waals surface area contributed by atoms with Gasteiger partial charge in [-0.15, -0.1) is 11.3 Å². The highest BCUT2D eigenvalue weighted by molar-refractivity contribution is 7.09. The number of hydrogen-bond donors (Lipinski definition) is 0. The number of hydrogen-bond acceptors (Lipinski definition) is 4. The Morgan fingerprint density at radius 3 is 2.88 bits per heavy atom. The number of aldehydes is 1. The number of nitrogens with zero attached hydrogens (tertiary/aromatic N) is 1.